The van der Waals surface area contributed by atoms with E-state index < -0.39 is 0 Å². The summed E-state index contributed by atoms with van der Waals surface area (Å²) in [5.41, 5.74) is 11.4. The Labute approximate surface area is 270 Å². The molecule has 1 aliphatic heterocycles. The lowest BCUT2D eigenvalue weighted by Gasteiger charge is -2.30. The second-order valence-electron chi connectivity index (χ2n) is 15.2. The summed E-state index contributed by atoms with van der Waals surface area (Å²) in [5, 5.41) is 6.24. The molecule has 0 saturated carbocycles. The number of hydrogen-bond acceptors (Lipinski definition) is 4. The van der Waals surface area contributed by atoms with E-state index in [1.54, 1.807) is 0 Å². The van der Waals surface area contributed by atoms with E-state index in [2.05, 4.69) is 94.3 Å². The van der Waals surface area contributed by atoms with E-state index in [-0.39, 0.29) is 22.6 Å². The molecule has 0 aliphatic carbocycles. The Morgan fingerprint density at radius 1 is 0.756 bits per heavy atom. The Hall–Kier alpha value is -3.77. The van der Waals surface area contributed by atoms with Crippen LogP contribution in [0.15, 0.2) is 42.5 Å². The van der Waals surface area contributed by atoms with E-state index in [1.807, 2.05) is 26.0 Å². The lowest BCUT2D eigenvalue weighted by Crippen LogP contribution is -2.30. The number of carbonyl (C=O) groups excluding carboxylic acids is 3. The summed E-state index contributed by atoms with van der Waals surface area (Å²) in [6.07, 6.45) is 3.55. The van der Waals surface area contributed by atoms with Gasteiger partial charge in [0.2, 0.25) is 11.8 Å². The third-order valence-corrected chi connectivity index (χ3v) is 8.59. The van der Waals surface area contributed by atoms with Crippen molar-refractivity contribution in [3.8, 4) is 0 Å². The van der Waals surface area contributed by atoms with Crippen molar-refractivity contribution < 1.29 is 14.4 Å². The van der Waals surface area contributed by atoms with Gasteiger partial charge in [0.15, 0.2) is 0 Å². The van der Waals surface area contributed by atoms with Crippen molar-refractivity contribution in [2.45, 2.75) is 101 Å². The summed E-state index contributed by atoms with van der Waals surface area (Å²) in [7, 11) is 0. The molecule has 6 nitrogen and oxygen atoms in total. The molecule has 0 radical (unpaired) electrons. The van der Waals surface area contributed by atoms with Crippen molar-refractivity contribution in [1.82, 2.24) is 4.90 Å². The molecule has 4 rings (SSSR count). The van der Waals surface area contributed by atoms with Crippen LogP contribution in [0.2, 0.25) is 0 Å². The molecule has 0 spiro atoms. The Bertz CT molecular complexity index is 1550. The summed E-state index contributed by atoms with van der Waals surface area (Å²) in [6.45, 7) is 21.3. The molecular formula is C39H51N3O3. The molecule has 3 aromatic carbocycles. The molecule has 0 bridgehead atoms. The summed E-state index contributed by atoms with van der Waals surface area (Å²) >= 11 is 0. The fourth-order valence-corrected chi connectivity index (χ4v) is 6.67. The predicted molar refractivity (Wildman–Crippen MR) is 185 cm³/mol. The summed E-state index contributed by atoms with van der Waals surface area (Å²) in [6, 6.07) is 14.9. The number of fused-ring (bicyclic) bond motifs is 1. The van der Waals surface area contributed by atoms with Crippen LogP contribution in [-0.4, -0.2) is 29.5 Å². The quantitative estimate of drug-likeness (QED) is 0.227. The van der Waals surface area contributed by atoms with Gasteiger partial charge in [0, 0.05) is 49.4 Å². The van der Waals surface area contributed by atoms with E-state index >= 15 is 0 Å². The zero-order valence-electron chi connectivity index (χ0n) is 28.7. The first-order chi connectivity index (χ1) is 21.0. The third kappa shape index (κ3) is 9.37. The highest BCUT2D eigenvalue weighted by molar-refractivity contribution is 5.94. The number of nitrogens with zero attached hydrogens (tertiary/aromatic N) is 1. The minimum absolute atomic E-state index is 0.00977. The van der Waals surface area contributed by atoms with Crippen LogP contribution in [-0.2, 0) is 35.5 Å². The number of rotatable bonds is 10. The van der Waals surface area contributed by atoms with Crippen LogP contribution in [0.5, 0.6) is 0 Å². The first-order valence-electron chi connectivity index (χ1n) is 16.1. The fraction of sp³-hybridized carbons (Fsp3) is 0.462. The van der Waals surface area contributed by atoms with Gasteiger partial charge in [-0.1, -0.05) is 65.0 Å². The van der Waals surface area contributed by atoms with Gasteiger partial charge in [-0.3, -0.25) is 19.3 Å². The maximum absolute atomic E-state index is 13.0. The number of nitrogens with one attached hydrogen (secondary N) is 2. The van der Waals surface area contributed by atoms with Gasteiger partial charge in [-0.05, 0) is 108 Å². The van der Waals surface area contributed by atoms with Crippen LogP contribution < -0.4 is 10.6 Å². The SMILES string of the molecule is Cc1cc(CN2CCc3cc(CC(C)(C)CC(=O)Nc4c(C)cc(C=O)cc4C)ccc3C2)cc(C)c1NC(=O)CC(C)(C)C. The minimum Gasteiger partial charge on any atom is -0.326 e. The normalized spacial score (nSPS) is 13.7. The van der Waals surface area contributed by atoms with Gasteiger partial charge in [-0.25, -0.2) is 0 Å². The Balaban J connectivity index is 1.35. The van der Waals surface area contributed by atoms with E-state index in [9.17, 15) is 14.4 Å². The minimum atomic E-state index is -0.211. The maximum Gasteiger partial charge on any atom is 0.224 e. The molecule has 1 heterocycles. The Morgan fingerprint density at radius 3 is 1.87 bits per heavy atom. The Kier molecular flexibility index (Phi) is 10.4. The van der Waals surface area contributed by atoms with Crippen LogP contribution in [0.1, 0.15) is 102 Å². The van der Waals surface area contributed by atoms with E-state index in [0.29, 0.717) is 18.4 Å². The lowest BCUT2D eigenvalue weighted by atomic mass is 9.81. The van der Waals surface area contributed by atoms with Crippen molar-refractivity contribution in [3.63, 3.8) is 0 Å². The number of aldehydes is 1. The topological polar surface area (TPSA) is 78.5 Å². The second-order valence-corrected chi connectivity index (χ2v) is 15.2. The molecule has 1 aliphatic rings. The first-order valence-corrected chi connectivity index (χ1v) is 16.1. The Morgan fingerprint density at radius 2 is 1.31 bits per heavy atom. The molecule has 3 aromatic rings. The molecule has 0 fully saturated rings. The highest BCUT2D eigenvalue weighted by atomic mass is 16.2. The molecule has 0 aromatic heterocycles. The highest BCUT2D eigenvalue weighted by Crippen LogP contribution is 2.31. The van der Waals surface area contributed by atoms with Crippen molar-refractivity contribution >= 4 is 29.5 Å². The third-order valence-electron chi connectivity index (χ3n) is 8.59. The number of anilines is 2. The van der Waals surface area contributed by atoms with Gasteiger partial charge in [-0.15, -0.1) is 0 Å². The lowest BCUT2D eigenvalue weighted by molar-refractivity contribution is -0.118. The van der Waals surface area contributed by atoms with Crippen molar-refractivity contribution in [2.75, 3.05) is 17.2 Å². The summed E-state index contributed by atoms with van der Waals surface area (Å²) in [5.74, 6) is 0.0528. The monoisotopic (exact) mass is 609 g/mol. The van der Waals surface area contributed by atoms with E-state index in [1.165, 1.54) is 22.3 Å². The fourth-order valence-electron chi connectivity index (χ4n) is 6.67. The van der Waals surface area contributed by atoms with Crippen LogP contribution in [0.4, 0.5) is 11.4 Å². The van der Waals surface area contributed by atoms with Crippen molar-refractivity contribution in [1.29, 1.82) is 0 Å². The molecule has 0 atom stereocenters. The van der Waals surface area contributed by atoms with Crippen LogP contribution >= 0.6 is 0 Å². The van der Waals surface area contributed by atoms with Gasteiger partial charge < -0.3 is 10.6 Å². The standard InChI is InChI=1S/C39H51N3O3/c1-25-14-30(15-26(2)36(25)40-34(44)20-38(5,6)7)22-42-13-12-32-18-29(10-11-33(32)23-42)19-39(8,9)21-35(45)41-37-27(3)16-31(24-43)17-28(37)4/h10-11,14-18,24H,12-13,19-23H2,1-9H3,(H,40,44)(H,41,45). The number of benzene rings is 3. The van der Waals surface area contributed by atoms with Crippen LogP contribution in [0, 0.1) is 38.5 Å². The predicted octanol–water partition coefficient (Wildman–Crippen LogP) is 8.26. The van der Waals surface area contributed by atoms with E-state index in [4.69, 9.17) is 0 Å². The molecule has 240 valence electrons. The van der Waals surface area contributed by atoms with Gasteiger partial charge in [0.25, 0.3) is 0 Å². The number of amides is 2. The molecule has 2 N–H and O–H groups in total. The van der Waals surface area contributed by atoms with Gasteiger partial charge >= 0.3 is 0 Å². The largest absolute Gasteiger partial charge is 0.326 e. The van der Waals surface area contributed by atoms with Gasteiger partial charge in [0.1, 0.15) is 6.29 Å². The second kappa shape index (κ2) is 13.7. The molecular weight excluding hydrogens is 558 g/mol. The van der Waals surface area contributed by atoms with Crippen LogP contribution in [0.3, 0.4) is 0 Å². The zero-order valence-corrected chi connectivity index (χ0v) is 28.7. The van der Waals surface area contributed by atoms with E-state index in [0.717, 1.165) is 72.4 Å². The summed E-state index contributed by atoms with van der Waals surface area (Å²) in [4.78, 5) is 39.3. The number of carbonyl (C=O) groups is 3. The van der Waals surface area contributed by atoms with Crippen molar-refractivity contribution in [2.24, 2.45) is 10.8 Å². The van der Waals surface area contributed by atoms with Crippen LogP contribution in [0.25, 0.3) is 0 Å². The molecule has 45 heavy (non-hydrogen) atoms. The molecule has 2 amide bonds. The zero-order chi connectivity index (χ0) is 33.1. The average molecular weight is 610 g/mol. The molecule has 0 saturated heterocycles. The molecule has 6 heteroatoms. The maximum atomic E-state index is 13.0. The smallest absolute Gasteiger partial charge is 0.224 e. The summed E-state index contributed by atoms with van der Waals surface area (Å²) < 4.78 is 0. The highest BCUT2D eigenvalue weighted by Gasteiger charge is 2.25. The average Bonchev–Trinajstić information content (AvgIpc) is 2.91. The molecule has 0 unspecified atom stereocenters. The van der Waals surface area contributed by atoms with Gasteiger partial charge in [0.05, 0.1) is 0 Å². The number of hydrogen-bond donors (Lipinski definition) is 2. The first kappa shape index (κ1) is 34.1. The van der Waals surface area contributed by atoms with Crippen molar-refractivity contribution in [3.05, 3.63) is 92.5 Å². The van der Waals surface area contributed by atoms with Gasteiger partial charge in [-0.2, -0.15) is 0 Å². The number of aryl methyl sites for hydroxylation is 4.